The number of hydrogen-bond donors (Lipinski definition) is 1. The summed E-state index contributed by atoms with van der Waals surface area (Å²) in [6.07, 6.45) is 0.364. The van der Waals surface area contributed by atoms with Crippen LogP contribution in [-0.4, -0.2) is 16.0 Å². The molecular formula is C9H13ClN2O. The summed E-state index contributed by atoms with van der Waals surface area (Å²) >= 11 is 5.84. The SMILES string of the molecule is CC(=O)Cc1c(Cl)n[nH]c1C(C)C. The third-order valence-electron chi connectivity index (χ3n) is 1.85. The summed E-state index contributed by atoms with van der Waals surface area (Å²) in [5.74, 6) is 0.416. The molecule has 0 atom stereocenters. The number of rotatable bonds is 3. The molecule has 0 bridgehead atoms. The molecule has 0 unspecified atom stereocenters. The van der Waals surface area contributed by atoms with Crippen molar-refractivity contribution in [3.05, 3.63) is 16.4 Å². The molecular weight excluding hydrogens is 188 g/mol. The van der Waals surface area contributed by atoms with E-state index in [1.165, 1.54) is 0 Å². The van der Waals surface area contributed by atoms with Crippen LogP contribution in [0.15, 0.2) is 0 Å². The van der Waals surface area contributed by atoms with Gasteiger partial charge in [0, 0.05) is 17.7 Å². The van der Waals surface area contributed by atoms with Crippen LogP contribution < -0.4 is 0 Å². The Kier molecular flexibility index (Phi) is 3.09. The van der Waals surface area contributed by atoms with E-state index in [1.807, 2.05) is 13.8 Å². The third kappa shape index (κ3) is 2.31. The summed E-state index contributed by atoms with van der Waals surface area (Å²) < 4.78 is 0. The Morgan fingerprint density at radius 3 is 2.69 bits per heavy atom. The minimum Gasteiger partial charge on any atom is -0.300 e. The number of carbonyl (C=O) groups is 1. The van der Waals surface area contributed by atoms with Gasteiger partial charge in [0.25, 0.3) is 0 Å². The fourth-order valence-electron chi connectivity index (χ4n) is 1.25. The number of halogens is 1. The second-order valence-corrected chi connectivity index (χ2v) is 3.80. The molecule has 13 heavy (non-hydrogen) atoms. The molecule has 72 valence electrons. The molecule has 0 aliphatic carbocycles. The van der Waals surface area contributed by atoms with E-state index in [1.54, 1.807) is 6.92 Å². The van der Waals surface area contributed by atoms with Gasteiger partial charge in [-0.1, -0.05) is 25.4 Å². The van der Waals surface area contributed by atoms with Crippen molar-refractivity contribution in [3.8, 4) is 0 Å². The lowest BCUT2D eigenvalue weighted by Gasteiger charge is -2.04. The number of aromatic amines is 1. The first-order chi connectivity index (χ1) is 6.02. The van der Waals surface area contributed by atoms with Crippen LogP contribution in [0.25, 0.3) is 0 Å². The van der Waals surface area contributed by atoms with Gasteiger partial charge in [-0.25, -0.2) is 0 Å². The van der Waals surface area contributed by atoms with E-state index in [0.29, 0.717) is 17.5 Å². The van der Waals surface area contributed by atoms with Crippen LogP contribution in [0.5, 0.6) is 0 Å². The smallest absolute Gasteiger partial charge is 0.154 e. The Morgan fingerprint density at radius 1 is 1.62 bits per heavy atom. The molecule has 0 amide bonds. The summed E-state index contributed by atoms with van der Waals surface area (Å²) in [6, 6.07) is 0. The fourth-order valence-corrected chi connectivity index (χ4v) is 1.46. The predicted octanol–water partition coefficient (Wildman–Crippen LogP) is 2.32. The van der Waals surface area contributed by atoms with Gasteiger partial charge in [-0.3, -0.25) is 9.89 Å². The van der Waals surface area contributed by atoms with Gasteiger partial charge in [-0.05, 0) is 12.8 Å². The van der Waals surface area contributed by atoms with E-state index in [4.69, 9.17) is 11.6 Å². The Labute approximate surface area is 82.5 Å². The maximum absolute atomic E-state index is 10.9. The van der Waals surface area contributed by atoms with E-state index in [-0.39, 0.29) is 5.78 Å². The van der Waals surface area contributed by atoms with Gasteiger partial charge in [0.15, 0.2) is 5.15 Å². The molecule has 3 nitrogen and oxygen atoms in total. The van der Waals surface area contributed by atoms with Crippen molar-refractivity contribution >= 4 is 17.4 Å². The maximum Gasteiger partial charge on any atom is 0.154 e. The first-order valence-electron chi connectivity index (χ1n) is 4.24. The lowest BCUT2D eigenvalue weighted by Crippen LogP contribution is -2.01. The van der Waals surface area contributed by atoms with Gasteiger partial charge < -0.3 is 0 Å². The quantitative estimate of drug-likeness (QED) is 0.814. The van der Waals surface area contributed by atoms with Crippen molar-refractivity contribution < 1.29 is 4.79 Å². The zero-order valence-corrected chi connectivity index (χ0v) is 8.77. The Balaban J connectivity index is 3.01. The van der Waals surface area contributed by atoms with Crippen LogP contribution in [0, 0.1) is 0 Å². The van der Waals surface area contributed by atoms with Gasteiger partial charge >= 0.3 is 0 Å². The van der Waals surface area contributed by atoms with Crippen LogP contribution >= 0.6 is 11.6 Å². The third-order valence-corrected chi connectivity index (χ3v) is 2.16. The van der Waals surface area contributed by atoms with E-state index in [2.05, 4.69) is 10.2 Å². The number of carbonyl (C=O) groups excluding carboxylic acids is 1. The number of nitrogens with zero attached hydrogens (tertiary/aromatic N) is 1. The minimum absolute atomic E-state index is 0.102. The standard InChI is InChI=1S/C9H13ClN2O/c1-5(2)8-7(4-6(3)13)9(10)12-11-8/h5H,4H2,1-3H3,(H,11,12). The summed E-state index contributed by atoms with van der Waals surface area (Å²) in [7, 11) is 0. The second kappa shape index (κ2) is 3.92. The van der Waals surface area contributed by atoms with Crippen molar-refractivity contribution in [1.82, 2.24) is 10.2 Å². The highest BCUT2D eigenvalue weighted by atomic mass is 35.5. The Morgan fingerprint density at radius 2 is 2.23 bits per heavy atom. The molecule has 0 aliphatic heterocycles. The number of ketones is 1. The summed E-state index contributed by atoms with van der Waals surface area (Å²) in [5.41, 5.74) is 1.80. The van der Waals surface area contributed by atoms with Crippen molar-refractivity contribution in [2.45, 2.75) is 33.1 Å². The average molecular weight is 201 g/mol. The number of aromatic nitrogens is 2. The highest BCUT2D eigenvalue weighted by molar-refractivity contribution is 6.30. The summed E-state index contributed by atoms with van der Waals surface area (Å²) in [6.45, 7) is 5.62. The van der Waals surface area contributed by atoms with Gasteiger partial charge in [0.2, 0.25) is 0 Å². The van der Waals surface area contributed by atoms with E-state index in [9.17, 15) is 4.79 Å². The maximum atomic E-state index is 10.9. The van der Waals surface area contributed by atoms with Gasteiger partial charge in [0.1, 0.15) is 5.78 Å². The van der Waals surface area contributed by atoms with E-state index < -0.39 is 0 Å². The zero-order chi connectivity index (χ0) is 10.0. The van der Waals surface area contributed by atoms with Gasteiger partial charge in [-0.2, -0.15) is 5.10 Å². The zero-order valence-electron chi connectivity index (χ0n) is 8.02. The van der Waals surface area contributed by atoms with Crippen molar-refractivity contribution in [1.29, 1.82) is 0 Å². The lowest BCUT2D eigenvalue weighted by atomic mass is 10.0. The molecule has 0 aromatic carbocycles. The van der Waals surface area contributed by atoms with E-state index >= 15 is 0 Å². The molecule has 0 aliphatic rings. The Bertz CT molecular complexity index is 317. The summed E-state index contributed by atoms with van der Waals surface area (Å²) in [4.78, 5) is 10.9. The first-order valence-corrected chi connectivity index (χ1v) is 4.62. The van der Waals surface area contributed by atoms with Crippen LogP contribution in [-0.2, 0) is 11.2 Å². The predicted molar refractivity (Wildman–Crippen MR) is 52.1 cm³/mol. The number of Topliss-reactive ketones (excluding diaryl/α,β-unsaturated/α-hetero) is 1. The topological polar surface area (TPSA) is 45.8 Å². The summed E-state index contributed by atoms with van der Waals surface area (Å²) in [5, 5.41) is 7.14. The van der Waals surface area contributed by atoms with Crippen LogP contribution in [0.2, 0.25) is 5.15 Å². The van der Waals surface area contributed by atoms with Crippen molar-refractivity contribution in [2.24, 2.45) is 0 Å². The molecule has 0 saturated heterocycles. The monoisotopic (exact) mass is 200 g/mol. The molecule has 0 spiro atoms. The van der Waals surface area contributed by atoms with Crippen molar-refractivity contribution in [3.63, 3.8) is 0 Å². The largest absolute Gasteiger partial charge is 0.300 e. The van der Waals surface area contributed by atoms with Gasteiger partial charge in [-0.15, -0.1) is 0 Å². The van der Waals surface area contributed by atoms with Crippen LogP contribution in [0.3, 0.4) is 0 Å². The normalized spacial score (nSPS) is 10.8. The first kappa shape index (κ1) is 10.3. The molecule has 1 aromatic heterocycles. The molecule has 1 aromatic rings. The highest BCUT2D eigenvalue weighted by Gasteiger charge is 2.15. The minimum atomic E-state index is 0.102. The molecule has 1 rings (SSSR count). The molecule has 0 radical (unpaired) electrons. The number of nitrogens with one attached hydrogen (secondary N) is 1. The van der Waals surface area contributed by atoms with Crippen molar-refractivity contribution in [2.75, 3.05) is 0 Å². The van der Waals surface area contributed by atoms with Gasteiger partial charge in [0.05, 0.1) is 0 Å². The molecule has 0 saturated carbocycles. The lowest BCUT2D eigenvalue weighted by molar-refractivity contribution is -0.116. The van der Waals surface area contributed by atoms with Crippen LogP contribution in [0.1, 0.15) is 37.9 Å². The second-order valence-electron chi connectivity index (χ2n) is 3.44. The molecule has 1 N–H and O–H groups in total. The van der Waals surface area contributed by atoms with Crippen LogP contribution in [0.4, 0.5) is 0 Å². The number of hydrogen-bond acceptors (Lipinski definition) is 2. The average Bonchev–Trinajstić information content (AvgIpc) is 2.32. The molecule has 1 heterocycles. The fraction of sp³-hybridized carbons (Fsp3) is 0.556. The molecule has 4 heteroatoms. The number of H-pyrrole nitrogens is 1. The molecule has 0 fully saturated rings. The van der Waals surface area contributed by atoms with E-state index in [0.717, 1.165) is 11.3 Å². The highest BCUT2D eigenvalue weighted by Crippen LogP contribution is 2.23. The Hall–Kier alpha value is -0.830.